The van der Waals surface area contributed by atoms with Gasteiger partial charge in [-0.2, -0.15) is 5.10 Å². The summed E-state index contributed by atoms with van der Waals surface area (Å²) in [4.78, 5) is 15.0. The van der Waals surface area contributed by atoms with E-state index in [1.54, 1.807) is 19.2 Å². The number of fused-ring (bicyclic) bond motifs is 1. The number of carbonyl (C=O) groups is 1. The Morgan fingerprint density at radius 1 is 1.22 bits per heavy atom. The Bertz CT molecular complexity index is 1310. The van der Waals surface area contributed by atoms with Gasteiger partial charge in [0.15, 0.2) is 0 Å². The quantitative estimate of drug-likeness (QED) is 0.163. The first-order valence-electron chi connectivity index (χ1n) is 12.5. The molecule has 0 saturated carbocycles. The van der Waals surface area contributed by atoms with Crippen molar-refractivity contribution in [3.63, 3.8) is 0 Å². The van der Waals surface area contributed by atoms with Crippen LogP contribution in [0.15, 0.2) is 72.2 Å². The Morgan fingerprint density at radius 2 is 1.92 bits per heavy atom. The predicted octanol–water partition coefficient (Wildman–Crippen LogP) is 6.07. The highest BCUT2D eigenvalue weighted by Gasteiger charge is 2.09. The number of aromatic nitrogens is 3. The lowest BCUT2D eigenvalue weighted by atomic mass is 10.1. The van der Waals surface area contributed by atoms with Gasteiger partial charge in [-0.25, -0.2) is 9.07 Å². The van der Waals surface area contributed by atoms with E-state index in [9.17, 15) is 9.18 Å². The monoisotopic (exact) mass is 506 g/mol. The van der Waals surface area contributed by atoms with Crippen LogP contribution in [0.5, 0.6) is 0 Å². The summed E-state index contributed by atoms with van der Waals surface area (Å²) < 4.78 is 14.0. The van der Waals surface area contributed by atoms with Gasteiger partial charge in [0.2, 0.25) is 5.91 Å². The highest BCUT2D eigenvalue weighted by atomic mass is 19.1. The van der Waals surface area contributed by atoms with Crippen molar-refractivity contribution in [2.75, 3.05) is 7.05 Å². The summed E-state index contributed by atoms with van der Waals surface area (Å²) in [5.41, 5.74) is 3.17. The van der Waals surface area contributed by atoms with Gasteiger partial charge in [-0.1, -0.05) is 52.0 Å². The maximum absolute atomic E-state index is 12.6. The van der Waals surface area contributed by atoms with E-state index in [2.05, 4.69) is 28.4 Å². The number of likely N-dealkylation sites (N-methyl/N-ethyl adjacent to an activating group) is 1. The van der Waals surface area contributed by atoms with Crippen molar-refractivity contribution in [2.45, 2.75) is 60.3 Å². The first kappa shape index (κ1) is 31.1. The van der Waals surface area contributed by atoms with Crippen LogP contribution in [-0.4, -0.2) is 33.6 Å². The molecule has 0 aliphatic carbocycles. The molecule has 0 saturated heterocycles. The molecule has 1 amide bonds. The van der Waals surface area contributed by atoms with Crippen molar-refractivity contribution >= 4 is 22.6 Å². The summed E-state index contributed by atoms with van der Waals surface area (Å²) in [6.07, 6.45) is 6.50. The van der Waals surface area contributed by atoms with Crippen LogP contribution < -0.4 is 10.8 Å². The molecule has 7 nitrogen and oxygen atoms in total. The van der Waals surface area contributed by atoms with Crippen molar-refractivity contribution in [1.29, 1.82) is 10.8 Å². The van der Waals surface area contributed by atoms with Crippen LogP contribution >= 0.6 is 0 Å². The molecule has 8 heteroatoms. The third kappa shape index (κ3) is 9.22. The van der Waals surface area contributed by atoms with Crippen molar-refractivity contribution < 1.29 is 9.18 Å². The summed E-state index contributed by atoms with van der Waals surface area (Å²) in [5.74, 6) is -0.266. The van der Waals surface area contributed by atoms with E-state index in [4.69, 9.17) is 10.8 Å². The van der Waals surface area contributed by atoms with Crippen molar-refractivity contribution in [3.05, 3.63) is 89.0 Å². The third-order valence-electron chi connectivity index (χ3n) is 5.38. The van der Waals surface area contributed by atoms with Crippen LogP contribution in [0.3, 0.4) is 0 Å². The normalized spacial score (nSPS) is 12.0. The molecule has 0 spiro atoms. The van der Waals surface area contributed by atoms with Gasteiger partial charge in [-0.3, -0.25) is 20.6 Å². The van der Waals surface area contributed by atoms with Crippen LogP contribution in [0.25, 0.3) is 10.9 Å². The highest BCUT2D eigenvalue weighted by molar-refractivity contribution is 5.93. The zero-order chi connectivity index (χ0) is 28.0. The van der Waals surface area contributed by atoms with E-state index in [1.807, 2.05) is 63.2 Å². The van der Waals surface area contributed by atoms with E-state index in [0.29, 0.717) is 6.42 Å². The number of nitrogens with zero attached hydrogens (tertiary/aromatic N) is 3. The minimum atomic E-state index is -0.348. The number of rotatable bonds is 6. The molecule has 3 rings (SSSR count). The van der Waals surface area contributed by atoms with E-state index in [1.165, 1.54) is 18.7 Å². The molecule has 3 aromatic rings. The number of benzene rings is 1. The van der Waals surface area contributed by atoms with Gasteiger partial charge >= 0.3 is 0 Å². The highest BCUT2D eigenvalue weighted by Crippen LogP contribution is 2.15. The fourth-order valence-corrected chi connectivity index (χ4v) is 3.35. The van der Waals surface area contributed by atoms with Gasteiger partial charge < -0.3 is 5.32 Å². The zero-order valence-electron chi connectivity index (χ0n) is 22.9. The van der Waals surface area contributed by atoms with Gasteiger partial charge in [-0.15, -0.1) is 0 Å². The molecule has 1 unspecified atom stereocenters. The van der Waals surface area contributed by atoms with Crippen LogP contribution in [0.4, 0.5) is 4.39 Å². The number of pyridine rings is 1. The van der Waals surface area contributed by atoms with Crippen molar-refractivity contribution in [3.8, 4) is 0 Å². The number of halogens is 1. The Hall–Kier alpha value is -3.94. The lowest BCUT2D eigenvalue weighted by molar-refractivity contribution is -0.117. The summed E-state index contributed by atoms with van der Waals surface area (Å²) in [6, 6.07) is 13.4. The second-order valence-electron chi connectivity index (χ2n) is 7.99. The number of hydrogen-bond acceptors (Lipinski definition) is 5. The van der Waals surface area contributed by atoms with Gasteiger partial charge in [0.25, 0.3) is 0 Å². The predicted molar refractivity (Wildman–Crippen MR) is 149 cm³/mol. The SMILES string of the molecule is C/C=C\C(C)c1ccc(=N)n(C(=N)Cc2ccc3ncccc3c2)n1.CC.CC/C(F)=C(\C)C(=O)NC. The average Bonchev–Trinajstić information content (AvgIpc) is 2.93. The largest absolute Gasteiger partial charge is 0.355 e. The molecule has 0 bridgehead atoms. The van der Waals surface area contributed by atoms with Crippen LogP contribution in [-0.2, 0) is 11.2 Å². The smallest absolute Gasteiger partial charge is 0.249 e. The van der Waals surface area contributed by atoms with E-state index in [0.717, 1.165) is 22.2 Å². The summed E-state index contributed by atoms with van der Waals surface area (Å²) in [6.45, 7) is 11.2. The summed E-state index contributed by atoms with van der Waals surface area (Å²) in [7, 11) is 1.48. The summed E-state index contributed by atoms with van der Waals surface area (Å²) >= 11 is 0. The molecule has 0 radical (unpaired) electrons. The third-order valence-corrected chi connectivity index (χ3v) is 5.38. The first-order valence-corrected chi connectivity index (χ1v) is 12.5. The number of nitrogens with one attached hydrogen (secondary N) is 3. The average molecular weight is 507 g/mol. The van der Waals surface area contributed by atoms with Crippen LogP contribution in [0.2, 0.25) is 0 Å². The second-order valence-corrected chi connectivity index (χ2v) is 7.99. The first-order chi connectivity index (χ1) is 17.7. The fraction of sp³-hybridized carbons (Fsp3) is 0.345. The molecular formula is C29H39FN6O. The molecule has 37 heavy (non-hydrogen) atoms. The van der Waals surface area contributed by atoms with Crippen molar-refractivity contribution in [1.82, 2.24) is 20.1 Å². The van der Waals surface area contributed by atoms with E-state index < -0.39 is 0 Å². The van der Waals surface area contributed by atoms with Gasteiger partial charge in [0, 0.05) is 36.5 Å². The molecule has 0 aliphatic heterocycles. The number of allylic oxidation sites excluding steroid dienone is 3. The number of carbonyl (C=O) groups excluding carboxylic acids is 1. The molecule has 0 fully saturated rings. The van der Waals surface area contributed by atoms with Crippen LogP contribution in [0.1, 0.15) is 65.1 Å². The molecule has 2 aromatic heterocycles. The minimum Gasteiger partial charge on any atom is -0.355 e. The number of amides is 1. The Morgan fingerprint density at radius 3 is 2.54 bits per heavy atom. The lowest BCUT2D eigenvalue weighted by Gasteiger charge is -2.12. The van der Waals surface area contributed by atoms with Gasteiger partial charge in [0.1, 0.15) is 17.2 Å². The van der Waals surface area contributed by atoms with E-state index >= 15 is 0 Å². The Balaban J connectivity index is 0.000000483. The summed E-state index contributed by atoms with van der Waals surface area (Å²) in [5, 5.41) is 24.4. The zero-order valence-corrected chi connectivity index (χ0v) is 22.9. The maximum Gasteiger partial charge on any atom is 0.249 e. The molecule has 0 aliphatic rings. The Kier molecular flexibility index (Phi) is 13.4. The van der Waals surface area contributed by atoms with Crippen LogP contribution in [0, 0.1) is 10.8 Å². The molecule has 198 valence electrons. The maximum atomic E-state index is 12.6. The van der Waals surface area contributed by atoms with Gasteiger partial charge in [-0.05, 0) is 56.2 Å². The fourth-order valence-electron chi connectivity index (χ4n) is 3.35. The molecule has 1 atom stereocenters. The van der Waals surface area contributed by atoms with Gasteiger partial charge in [0.05, 0.1) is 11.2 Å². The molecule has 1 aromatic carbocycles. The van der Waals surface area contributed by atoms with Crippen molar-refractivity contribution in [2.24, 2.45) is 0 Å². The standard InChI is InChI=1S/C20H21N5.C7H12FNO.C2H6/c1-3-5-14(2)17-9-10-19(21)25(24-17)20(22)13-15-7-8-18-16(12-15)6-4-11-23-18;1-4-6(8)5(2)7(10)9-3;1-2/h3-12,14,21-22H,13H2,1-2H3;4H2,1-3H3,(H,9,10);1-2H3/b5-3-,21-19?,22-20?;6-5-;. The molecular weight excluding hydrogens is 467 g/mol. The number of hydrogen-bond donors (Lipinski definition) is 3. The lowest BCUT2D eigenvalue weighted by Crippen LogP contribution is -2.31. The second kappa shape index (κ2) is 15.9. The topological polar surface area (TPSA) is 108 Å². The minimum absolute atomic E-state index is 0.149. The Labute approximate surface area is 219 Å². The molecule has 3 N–H and O–H groups in total. The van der Waals surface area contributed by atoms with E-state index in [-0.39, 0.29) is 41.0 Å². The molecule has 2 heterocycles.